The maximum absolute atomic E-state index is 12.5. The van der Waals surface area contributed by atoms with E-state index in [1.54, 1.807) is 17.0 Å². The molecule has 1 aliphatic heterocycles. The molecule has 6 heteroatoms. The Bertz CT molecular complexity index is 813. The second-order valence-corrected chi connectivity index (χ2v) is 7.21. The van der Waals surface area contributed by atoms with Crippen LogP contribution < -0.4 is 10.2 Å². The van der Waals surface area contributed by atoms with Crippen molar-refractivity contribution in [3.63, 3.8) is 0 Å². The predicted molar refractivity (Wildman–Crippen MR) is 117 cm³/mol. The summed E-state index contributed by atoms with van der Waals surface area (Å²) in [6, 6.07) is 17.5. The lowest BCUT2D eigenvalue weighted by atomic mass is 10.1. The van der Waals surface area contributed by atoms with Gasteiger partial charge in [0, 0.05) is 56.2 Å². The van der Waals surface area contributed by atoms with Crippen molar-refractivity contribution in [1.82, 2.24) is 9.80 Å². The molecule has 1 fully saturated rings. The third-order valence-electron chi connectivity index (χ3n) is 5.30. The second kappa shape index (κ2) is 10.1. The molecule has 0 aromatic heterocycles. The van der Waals surface area contributed by atoms with Crippen LogP contribution in [0.15, 0.2) is 54.6 Å². The van der Waals surface area contributed by atoms with E-state index in [4.69, 9.17) is 0 Å². The predicted octanol–water partition coefficient (Wildman–Crippen LogP) is 2.93. The summed E-state index contributed by atoms with van der Waals surface area (Å²) < 4.78 is 0. The van der Waals surface area contributed by atoms with Crippen molar-refractivity contribution < 1.29 is 9.59 Å². The van der Waals surface area contributed by atoms with Crippen molar-refractivity contribution >= 4 is 23.2 Å². The van der Waals surface area contributed by atoms with Gasteiger partial charge in [-0.1, -0.05) is 24.3 Å². The highest BCUT2D eigenvalue weighted by molar-refractivity contribution is 5.97. The molecular weight excluding hydrogens is 364 g/mol. The molecule has 1 heterocycles. The molecule has 1 aliphatic rings. The van der Waals surface area contributed by atoms with Crippen LogP contribution in [0.3, 0.4) is 0 Å². The second-order valence-electron chi connectivity index (χ2n) is 7.21. The van der Waals surface area contributed by atoms with Gasteiger partial charge in [-0.15, -0.1) is 0 Å². The number of carbonyl (C=O) groups is 2. The van der Waals surface area contributed by atoms with Gasteiger partial charge in [-0.25, -0.2) is 0 Å². The van der Waals surface area contributed by atoms with Crippen LogP contribution in [0.25, 0.3) is 0 Å². The molecule has 2 aromatic carbocycles. The molecule has 0 radical (unpaired) electrons. The first-order valence-electron chi connectivity index (χ1n) is 10.3. The first-order valence-corrected chi connectivity index (χ1v) is 10.3. The highest BCUT2D eigenvalue weighted by atomic mass is 16.2. The zero-order valence-corrected chi connectivity index (χ0v) is 17.3. The molecule has 0 bridgehead atoms. The molecule has 6 nitrogen and oxygen atoms in total. The summed E-state index contributed by atoms with van der Waals surface area (Å²) in [5, 5.41) is 2.94. The van der Waals surface area contributed by atoms with Crippen molar-refractivity contribution in [1.29, 1.82) is 0 Å². The summed E-state index contributed by atoms with van der Waals surface area (Å²) in [6.45, 7) is 9.13. The van der Waals surface area contributed by atoms with Gasteiger partial charge in [0.15, 0.2) is 0 Å². The molecule has 2 amide bonds. The molecule has 0 atom stereocenters. The first kappa shape index (κ1) is 20.9. The van der Waals surface area contributed by atoms with Crippen LogP contribution in [-0.4, -0.2) is 67.4 Å². The van der Waals surface area contributed by atoms with Crippen LogP contribution in [0.5, 0.6) is 0 Å². The summed E-state index contributed by atoms with van der Waals surface area (Å²) in [7, 11) is 0. The Balaban J connectivity index is 1.51. The molecule has 0 unspecified atom stereocenters. The monoisotopic (exact) mass is 394 g/mol. The van der Waals surface area contributed by atoms with Crippen molar-refractivity contribution in [3.05, 3.63) is 60.2 Å². The average Bonchev–Trinajstić information content (AvgIpc) is 2.76. The third-order valence-corrected chi connectivity index (χ3v) is 5.30. The minimum Gasteiger partial charge on any atom is -0.369 e. The summed E-state index contributed by atoms with van der Waals surface area (Å²) in [6.07, 6.45) is 0. The number of hydrogen-bond acceptors (Lipinski definition) is 4. The van der Waals surface area contributed by atoms with Crippen LogP contribution >= 0.6 is 0 Å². The lowest BCUT2D eigenvalue weighted by Gasteiger charge is -2.35. The fraction of sp³-hybridized carbons (Fsp3) is 0.391. The Morgan fingerprint density at radius 2 is 1.62 bits per heavy atom. The molecule has 1 saturated heterocycles. The number of anilines is 2. The first-order chi connectivity index (χ1) is 14.1. The summed E-state index contributed by atoms with van der Waals surface area (Å²) >= 11 is 0. The number of hydrogen-bond donors (Lipinski definition) is 1. The Morgan fingerprint density at radius 1 is 0.931 bits per heavy atom. The largest absolute Gasteiger partial charge is 0.369 e. The number of rotatable bonds is 7. The highest BCUT2D eigenvalue weighted by Gasteiger charge is 2.19. The van der Waals surface area contributed by atoms with E-state index < -0.39 is 0 Å². The number of nitrogens with one attached hydrogen (secondary N) is 1. The number of piperazine rings is 1. The standard InChI is InChI=1S/C23H30N4O2/c1-3-26(4-2)23(29)19-9-8-10-20(17-19)24-22(28)18-25-13-15-27(16-14-25)21-11-6-5-7-12-21/h5-12,17H,3-4,13-16,18H2,1-2H3,(H,24,28). The van der Waals surface area contributed by atoms with Crippen molar-refractivity contribution in [3.8, 4) is 0 Å². The SMILES string of the molecule is CCN(CC)C(=O)c1cccc(NC(=O)CN2CCN(c3ccccc3)CC2)c1. The van der Waals surface area contributed by atoms with Crippen molar-refractivity contribution in [2.45, 2.75) is 13.8 Å². The summed E-state index contributed by atoms with van der Waals surface area (Å²) in [4.78, 5) is 31.3. The minimum atomic E-state index is -0.0504. The summed E-state index contributed by atoms with van der Waals surface area (Å²) in [5.74, 6) is -0.0614. The fourth-order valence-corrected chi connectivity index (χ4v) is 3.63. The molecule has 1 N–H and O–H groups in total. The van der Waals surface area contributed by atoms with Crippen LogP contribution in [0.1, 0.15) is 24.2 Å². The zero-order valence-electron chi connectivity index (χ0n) is 17.3. The van der Waals surface area contributed by atoms with Gasteiger partial charge in [0.1, 0.15) is 0 Å². The van der Waals surface area contributed by atoms with Crippen LogP contribution in [-0.2, 0) is 4.79 Å². The number of benzene rings is 2. The smallest absolute Gasteiger partial charge is 0.253 e. The normalized spacial score (nSPS) is 14.5. The van der Waals surface area contributed by atoms with Crippen LogP contribution in [0.2, 0.25) is 0 Å². The van der Waals surface area contributed by atoms with Gasteiger partial charge in [0.05, 0.1) is 6.54 Å². The van der Waals surface area contributed by atoms with Gasteiger partial charge >= 0.3 is 0 Å². The molecule has 0 spiro atoms. The lowest BCUT2D eigenvalue weighted by Crippen LogP contribution is -2.48. The Labute approximate surface area is 173 Å². The fourth-order valence-electron chi connectivity index (χ4n) is 3.63. The van der Waals surface area contributed by atoms with Gasteiger partial charge in [0.25, 0.3) is 5.91 Å². The number of carbonyl (C=O) groups excluding carboxylic acids is 2. The average molecular weight is 395 g/mol. The molecule has 0 saturated carbocycles. The molecule has 154 valence electrons. The van der Waals surface area contributed by atoms with Gasteiger partial charge in [0.2, 0.25) is 5.91 Å². The van der Waals surface area contributed by atoms with E-state index in [9.17, 15) is 9.59 Å². The quantitative estimate of drug-likeness (QED) is 0.785. The van der Waals surface area contributed by atoms with Crippen molar-refractivity contribution in [2.75, 3.05) is 56.0 Å². The van der Waals surface area contributed by atoms with E-state index in [1.807, 2.05) is 44.2 Å². The molecule has 3 rings (SSSR count). The molecular formula is C23H30N4O2. The zero-order chi connectivity index (χ0) is 20.6. The molecule has 29 heavy (non-hydrogen) atoms. The topological polar surface area (TPSA) is 55.9 Å². The Hall–Kier alpha value is -2.86. The van der Waals surface area contributed by atoms with E-state index >= 15 is 0 Å². The maximum Gasteiger partial charge on any atom is 0.253 e. The Kier molecular flexibility index (Phi) is 7.25. The molecule has 2 aromatic rings. The van der Waals surface area contributed by atoms with E-state index in [0.29, 0.717) is 30.9 Å². The number of amides is 2. The Morgan fingerprint density at radius 3 is 2.28 bits per heavy atom. The van der Waals surface area contributed by atoms with E-state index in [2.05, 4.69) is 27.2 Å². The van der Waals surface area contributed by atoms with Crippen molar-refractivity contribution in [2.24, 2.45) is 0 Å². The van der Waals surface area contributed by atoms with Gasteiger partial charge < -0.3 is 15.1 Å². The van der Waals surface area contributed by atoms with E-state index in [-0.39, 0.29) is 11.8 Å². The summed E-state index contributed by atoms with van der Waals surface area (Å²) in [5.41, 5.74) is 2.49. The third kappa shape index (κ3) is 5.57. The van der Waals surface area contributed by atoms with E-state index in [1.165, 1.54) is 5.69 Å². The minimum absolute atomic E-state index is 0.0110. The van der Waals surface area contributed by atoms with Gasteiger partial charge in [-0.2, -0.15) is 0 Å². The highest BCUT2D eigenvalue weighted by Crippen LogP contribution is 2.16. The van der Waals surface area contributed by atoms with Crippen LogP contribution in [0, 0.1) is 0 Å². The molecule has 0 aliphatic carbocycles. The number of para-hydroxylation sites is 1. The van der Waals surface area contributed by atoms with Crippen LogP contribution in [0.4, 0.5) is 11.4 Å². The van der Waals surface area contributed by atoms with E-state index in [0.717, 1.165) is 26.2 Å². The van der Waals surface area contributed by atoms with Gasteiger partial charge in [-0.05, 0) is 44.2 Å². The maximum atomic E-state index is 12.5. The lowest BCUT2D eigenvalue weighted by molar-refractivity contribution is -0.117. The number of nitrogens with zero attached hydrogens (tertiary/aromatic N) is 3. The van der Waals surface area contributed by atoms with Gasteiger partial charge in [-0.3, -0.25) is 14.5 Å².